The second kappa shape index (κ2) is 7.90. The Kier molecular flexibility index (Phi) is 7.76. The summed E-state index contributed by atoms with van der Waals surface area (Å²) in [4.78, 5) is 0. The van der Waals surface area contributed by atoms with Crippen molar-refractivity contribution in [2.24, 2.45) is 11.7 Å². The lowest BCUT2D eigenvalue weighted by atomic mass is 10.0. The van der Waals surface area contributed by atoms with Crippen LogP contribution >= 0.6 is 0 Å². The molecule has 2 atom stereocenters. The summed E-state index contributed by atoms with van der Waals surface area (Å²) in [7, 11) is 0. The first kappa shape index (κ1) is 15.7. The third-order valence-electron chi connectivity index (χ3n) is 2.82. The summed E-state index contributed by atoms with van der Waals surface area (Å²) >= 11 is 0. The van der Waals surface area contributed by atoms with Crippen molar-refractivity contribution >= 4 is 0 Å². The van der Waals surface area contributed by atoms with Crippen LogP contribution in [0.4, 0.5) is 13.2 Å². The molecule has 0 aromatic carbocycles. The first-order valence-electron chi connectivity index (χ1n) is 5.90. The Hall–Kier alpha value is -0.290. The van der Waals surface area contributed by atoms with Crippen LogP contribution in [0.15, 0.2) is 0 Å². The molecule has 0 saturated carbocycles. The summed E-state index contributed by atoms with van der Waals surface area (Å²) in [6.07, 6.45) is -2.95. The Morgan fingerprint density at radius 2 is 1.88 bits per heavy atom. The van der Waals surface area contributed by atoms with E-state index < -0.39 is 12.6 Å². The van der Waals surface area contributed by atoms with Crippen molar-refractivity contribution in [1.82, 2.24) is 5.32 Å². The van der Waals surface area contributed by atoms with E-state index in [4.69, 9.17) is 5.73 Å². The number of hydrogen-bond acceptors (Lipinski definition) is 2. The smallest absolute Gasteiger partial charge is 0.326 e. The largest absolute Gasteiger partial charge is 0.389 e. The Morgan fingerprint density at radius 1 is 1.25 bits per heavy atom. The lowest BCUT2D eigenvalue weighted by Gasteiger charge is -2.18. The van der Waals surface area contributed by atoms with Crippen LogP contribution in [-0.2, 0) is 0 Å². The fourth-order valence-electron chi connectivity index (χ4n) is 1.35. The molecule has 0 bridgehead atoms. The molecule has 0 aromatic rings. The van der Waals surface area contributed by atoms with E-state index in [0.29, 0.717) is 25.4 Å². The Labute approximate surface area is 95.8 Å². The number of nitrogens with one attached hydrogen (secondary N) is 1. The van der Waals surface area contributed by atoms with Crippen LogP contribution in [-0.4, -0.2) is 25.3 Å². The molecular weight excluding hydrogens is 217 g/mol. The van der Waals surface area contributed by atoms with Gasteiger partial charge in [0.15, 0.2) is 0 Å². The van der Waals surface area contributed by atoms with Crippen LogP contribution in [0.5, 0.6) is 0 Å². The molecule has 0 aromatic heterocycles. The van der Waals surface area contributed by atoms with Crippen LogP contribution in [0, 0.1) is 5.92 Å². The molecule has 0 aliphatic carbocycles. The maximum absolute atomic E-state index is 11.8. The van der Waals surface area contributed by atoms with Gasteiger partial charge in [-0.1, -0.05) is 20.3 Å². The highest BCUT2D eigenvalue weighted by atomic mass is 19.4. The Balaban J connectivity index is 3.34. The first-order valence-corrected chi connectivity index (χ1v) is 5.90. The van der Waals surface area contributed by atoms with E-state index in [-0.39, 0.29) is 12.5 Å². The van der Waals surface area contributed by atoms with Crippen molar-refractivity contribution in [1.29, 1.82) is 0 Å². The zero-order valence-corrected chi connectivity index (χ0v) is 10.1. The molecule has 0 amide bonds. The predicted octanol–water partition coefficient (Wildman–Crippen LogP) is 2.68. The van der Waals surface area contributed by atoms with Gasteiger partial charge in [0.25, 0.3) is 0 Å². The molecule has 5 heteroatoms. The molecule has 0 heterocycles. The topological polar surface area (TPSA) is 38.0 Å². The summed E-state index contributed by atoms with van der Waals surface area (Å²) in [5.74, 6) is 0.447. The fraction of sp³-hybridized carbons (Fsp3) is 1.00. The van der Waals surface area contributed by atoms with Crippen LogP contribution in [0.25, 0.3) is 0 Å². The molecule has 0 radical (unpaired) electrons. The standard InChI is InChI=1S/C11H23F3N2/c1-3-9(2)10(15)8-16-7-5-4-6-11(12,13)14/h9-10,16H,3-8,15H2,1-2H3. The van der Waals surface area contributed by atoms with Crippen molar-refractivity contribution in [3.8, 4) is 0 Å². The molecule has 0 aliphatic heterocycles. The van der Waals surface area contributed by atoms with Crippen LogP contribution in [0.3, 0.4) is 0 Å². The molecule has 2 nitrogen and oxygen atoms in total. The van der Waals surface area contributed by atoms with Crippen molar-refractivity contribution in [3.63, 3.8) is 0 Å². The number of rotatable bonds is 8. The van der Waals surface area contributed by atoms with Gasteiger partial charge in [-0.25, -0.2) is 0 Å². The van der Waals surface area contributed by atoms with Crippen molar-refractivity contribution in [2.75, 3.05) is 13.1 Å². The zero-order valence-electron chi connectivity index (χ0n) is 10.1. The van der Waals surface area contributed by atoms with Crippen LogP contribution < -0.4 is 11.1 Å². The fourth-order valence-corrected chi connectivity index (χ4v) is 1.35. The summed E-state index contributed by atoms with van der Waals surface area (Å²) in [6, 6.07) is 0.0904. The SMILES string of the molecule is CCC(C)C(N)CNCCCCC(F)(F)F. The maximum Gasteiger partial charge on any atom is 0.389 e. The zero-order chi connectivity index (χ0) is 12.6. The van der Waals surface area contributed by atoms with Gasteiger partial charge in [0, 0.05) is 19.0 Å². The molecule has 0 rings (SSSR count). The highest BCUT2D eigenvalue weighted by Gasteiger charge is 2.25. The molecule has 0 spiro atoms. The monoisotopic (exact) mass is 240 g/mol. The van der Waals surface area contributed by atoms with Crippen molar-refractivity contribution in [2.45, 2.75) is 51.7 Å². The Morgan fingerprint density at radius 3 is 2.38 bits per heavy atom. The molecule has 16 heavy (non-hydrogen) atoms. The Bertz CT molecular complexity index is 171. The minimum absolute atomic E-state index is 0.0904. The average molecular weight is 240 g/mol. The summed E-state index contributed by atoms with van der Waals surface area (Å²) in [5, 5.41) is 3.09. The number of alkyl halides is 3. The number of unbranched alkanes of at least 4 members (excludes halogenated alkanes) is 1. The highest BCUT2D eigenvalue weighted by molar-refractivity contribution is 4.70. The number of nitrogens with two attached hydrogens (primary N) is 1. The van der Waals surface area contributed by atoms with Gasteiger partial charge in [0.05, 0.1) is 0 Å². The van der Waals surface area contributed by atoms with Gasteiger partial charge in [-0.05, 0) is 25.3 Å². The van der Waals surface area contributed by atoms with Crippen molar-refractivity contribution in [3.05, 3.63) is 0 Å². The molecule has 3 N–H and O–H groups in total. The molecule has 98 valence electrons. The molecule has 0 saturated heterocycles. The van der Waals surface area contributed by atoms with E-state index in [1.807, 2.05) is 0 Å². The van der Waals surface area contributed by atoms with Gasteiger partial charge in [0.1, 0.15) is 0 Å². The molecule has 2 unspecified atom stereocenters. The summed E-state index contributed by atoms with van der Waals surface area (Å²) in [6.45, 7) is 5.45. The van der Waals surface area contributed by atoms with E-state index in [1.165, 1.54) is 0 Å². The minimum Gasteiger partial charge on any atom is -0.326 e. The van der Waals surface area contributed by atoms with Gasteiger partial charge >= 0.3 is 6.18 Å². The lowest BCUT2D eigenvalue weighted by Crippen LogP contribution is -2.39. The summed E-state index contributed by atoms with van der Waals surface area (Å²) < 4.78 is 35.4. The quantitative estimate of drug-likeness (QED) is 0.640. The number of hydrogen-bond donors (Lipinski definition) is 2. The van der Waals surface area contributed by atoms with E-state index in [0.717, 1.165) is 6.42 Å². The van der Waals surface area contributed by atoms with Gasteiger partial charge in [-0.3, -0.25) is 0 Å². The third kappa shape index (κ3) is 8.97. The molecule has 0 fully saturated rings. The second-order valence-electron chi connectivity index (χ2n) is 4.33. The average Bonchev–Trinajstić information content (AvgIpc) is 2.20. The number of halogens is 3. The van der Waals surface area contributed by atoms with Gasteiger partial charge in [-0.2, -0.15) is 13.2 Å². The van der Waals surface area contributed by atoms with Crippen LogP contribution in [0.2, 0.25) is 0 Å². The third-order valence-corrected chi connectivity index (χ3v) is 2.82. The van der Waals surface area contributed by atoms with Crippen molar-refractivity contribution < 1.29 is 13.2 Å². The summed E-state index contributed by atoms with van der Waals surface area (Å²) in [5.41, 5.74) is 5.87. The normalized spacial score (nSPS) is 16.1. The molecular formula is C11H23F3N2. The van der Waals surface area contributed by atoms with E-state index >= 15 is 0 Å². The van der Waals surface area contributed by atoms with Crippen LogP contribution in [0.1, 0.15) is 39.5 Å². The van der Waals surface area contributed by atoms with E-state index in [2.05, 4.69) is 19.2 Å². The highest BCUT2D eigenvalue weighted by Crippen LogP contribution is 2.21. The molecule has 0 aliphatic rings. The lowest BCUT2D eigenvalue weighted by molar-refractivity contribution is -0.135. The van der Waals surface area contributed by atoms with E-state index in [1.54, 1.807) is 0 Å². The maximum atomic E-state index is 11.8. The second-order valence-corrected chi connectivity index (χ2v) is 4.33. The van der Waals surface area contributed by atoms with Gasteiger partial charge < -0.3 is 11.1 Å². The predicted molar refractivity (Wildman–Crippen MR) is 60.2 cm³/mol. The van der Waals surface area contributed by atoms with Gasteiger partial charge in [0.2, 0.25) is 0 Å². The first-order chi connectivity index (χ1) is 7.37. The minimum atomic E-state index is -4.02. The van der Waals surface area contributed by atoms with Gasteiger partial charge in [-0.15, -0.1) is 0 Å². The van der Waals surface area contributed by atoms with E-state index in [9.17, 15) is 13.2 Å².